The lowest BCUT2D eigenvalue weighted by atomic mass is 10.00. The largest absolute Gasteiger partial charge is 0.370 e. The van der Waals surface area contributed by atoms with E-state index in [1.165, 1.54) is 0 Å². The van der Waals surface area contributed by atoms with Gasteiger partial charge >= 0.3 is 0 Å². The first-order valence-corrected chi connectivity index (χ1v) is 8.77. The Kier molecular flexibility index (Phi) is 3.65. The van der Waals surface area contributed by atoms with Crippen molar-refractivity contribution in [2.45, 2.75) is 44.9 Å². The van der Waals surface area contributed by atoms with Crippen molar-refractivity contribution in [2.24, 2.45) is 0 Å². The second-order valence-electron chi connectivity index (χ2n) is 6.35. The number of carbonyl (C=O) groups is 1. The number of carbonyl (C=O) groups excluding carboxylic acids is 1. The van der Waals surface area contributed by atoms with Gasteiger partial charge < -0.3 is 9.64 Å². The van der Waals surface area contributed by atoms with Crippen LogP contribution in [0.4, 0.5) is 0 Å². The Bertz CT molecular complexity index is 725. The van der Waals surface area contributed by atoms with E-state index in [0.717, 1.165) is 17.1 Å². The fourth-order valence-electron chi connectivity index (χ4n) is 3.18. The predicted molar refractivity (Wildman–Crippen MR) is 84.4 cm³/mol. The first-order valence-electron chi connectivity index (χ1n) is 7.89. The van der Waals surface area contributed by atoms with Crippen molar-refractivity contribution in [2.75, 3.05) is 13.1 Å². The second kappa shape index (κ2) is 5.68. The summed E-state index contributed by atoms with van der Waals surface area (Å²) in [6.07, 6.45) is 2.65. The van der Waals surface area contributed by atoms with Crippen LogP contribution in [0.2, 0.25) is 0 Å². The van der Waals surface area contributed by atoms with Crippen LogP contribution >= 0.6 is 11.3 Å². The third kappa shape index (κ3) is 2.55. The SMILES string of the molecule is CC(C)c1nc(C(=O)N2CC[C@@H]3OCc4cnnn4[C@H]3C2)cs1. The van der Waals surface area contributed by atoms with Gasteiger partial charge in [0.15, 0.2) is 0 Å². The van der Waals surface area contributed by atoms with Crippen molar-refractivity contribution in [1.29, 1.82) is 0 Å². The van der Waals surface area contributed by atoms with Crippen molar-refractivity contribution in [1.82, 2.24) is 24.9 Å². The number of hydrogen-bond acceptors (Lipinski definition) is 6. The molecule has 4 heterocycles. The maximum absolute atomic E-state index is 12.7. The number of thiazole rings is 1. The van der Waals surface area contributed by atoms with Crippen LogP contribution in [0.15, 0.2) is 11.6 Å². The Balaban J connectivity index is 1.54. The minimum atomic E-state index is -0.00108. The van der Waals surface area contributed by atoms with Gasteiger partial charge in [0.2, 0.25) is 0 Å². The van der Waals surface area contributed by atoms with Gasteiger partial charge in [-0.15, -0.1) is 16.4 Å². The molecule has 2 aromatic rings. The number of aromatic nitrogens is 4. The number of amides is 1. The zero-order valence-electron chi connectivity index (χ0n) is 13.2. The molecule has 122 valence electrons. The standard InChI is InChI=1S/C15H19N5O2S/c1-9(2)14-17-11(8-23-14)15(21)19-4-3-13-12(6-19)20-10(7-22-13)5-16-18-20/h5,8-9,12-13H,3-4,6-7H2,1-2H3/t12-,13-/m0/s1. The molecule has 2 aliphatic rings. The second-order valence-corrected chi connectivity index (χ2v) is 7.24. The van der Waals surface area contributed by atoms with Crippen molar-refractivity contribution in [3.63, 3.8) is 0 Å². The van der Waals surface area contributed by atoms with Gasteiger partial charge in [-0.1, -0.05) is 19.1 Å². The molecular formula is C15H19N5O2S. The van der Waals surface area contributed by atoms with Gasteiger partial charge in [0.05, 0.1) is 35.7 Å². The van der Waals surface area contributed by atoms with Gasteiger partial charge in [0.25, 0.3) is 5.91 Å². The first-order chi connectivity index (χ1) is 11.1. The summed E-state index contributed by atoms with van der Waals surface area (Å²) in [5.74, 6) is 0.343. The van der Waals surface area contributed by atoms with Crippen molar-refractivity contribution >= 4 is 17.2 Å². The number of piperidine rings is 1. The van der Waals surface area contributed by atoms with Crippen LogP contribution in [0.5, 0.6) is 0 Å². The third-order valence-electron chi connectivity index (χ3n) is 4.45. The smallest absolute Gasteiger partial charge is 0.273 e. The monoisotopic (exact) mass is 333 g/mol. The lowest BCUT2D eigenvalue weighted by molar-refractivity contribution is -0.0605. The zero-order chi connectivity index (χ0) is 16.0. The Hall–Kier alpha value is -1.80. The lowest BCUT2D eigenvalue weighted by Gasteiger charge is -2.40. The number of ether oxygens (including phenoxy) is 1. The Morgan fingerprint density at radius 1 is 1.48 bits per heavy atom. The van der Waals surface area contributed by atoms with Gasteiger partial charge in [0.1, 0.15) is 5.69 Å². The number of rotatable bonds is 2. The fraction of sp³-hybridized carbons (Fsp3) is 0.600. The maximum atomic E-state index is 12.7. The van der Waals surface area contributed by atoms with E-state index >= 15 is 0 Å². The highest BCUT2D eigenvalue weighted by Gasteiger charge is 2.38. The molecule has 2 aliphatic heterocycles. The average molecular weight is 333 g/mol. The molecule has 1 fully saturated rings. The quantitative estimate of drug-likeness (QED) is 0.838. The van der Waals surface area contributed by atoms with E-state index in [9.17, 15) is 4.79 Å². The molecule has 2 atom stereocenters. The van der Waals surface area contributed by atoms with E-state index in [-0.39, 0.29) is 18.1 Å². The van der Waals surface area contributed by atoms with E-state index in [1.54, 1.807) is 17.5 Å². The van der Waals surface area contributed by atoms with Crippen molar-refractivity contribution in [3.05, 3.63) is 28.0 Å². The topological polar surface area (TPSA) is 73.1 Å². The third-order valence-corrected chi connectivity index (χ3v) is 5.60. The van der Waals surface area contributed by atoms with Crippen LogP contribution in [0.3, 0.4) is 0 Å². The van der Waals surface area contributed by atoms with Gasteiger partial charge in [-0.05, 0) is 6.42 Å². The molecule has 23 heavy (non-hydrogen) atoms. The highest BCUT2D eigenvalue weighted by atomic mass is 32.1. The molecule has 1 amide bonds. The molecule has 4 rings (SSSR count). The zero-order valence-corrected chi connectivity index (χ0v) is 14.0. The molecule has 0 saturated carbocycles. The highest BCUT2D eigenvalue weighted by molar-refractivity contribution is 7.09. The lowest BCUT2D eigenvalue weighted by Crippen LogP contribution is -2.50. The molecule has 7 nitrogen and oxygen atoms in total. The normalized spacial score (nSPS) is 23.7. The number of hydrogen-bond donors (Lipinski definition) is 0. The van der Waals surface area contributed by atoms with Crippen LogP contribution in [0, 0.1) is 0 Å². The minimum Gasteiger partial charge on any atom is -0.370 e. The van der Waals surface area contributed by atoms with Gasteiger partial charge in [-0.25, -0.2) is 9.67 Å². The molecule has 2 aromatic heterocycles. The minimum absolute atomic E-state index is 0.00108. The molecular weight excluding hydrogens is 314 g/mol. The van der Waals surface area contributed by atoms with Crippen LogP contribution in [-0.4, -0.2) is 50.0 Å². The molecule has 0 aromatic carbocycles. The summed E-state index contributed by atoms with van der Waals surface area (Å²) in [6.45, 7) is 6.01. The molecule has 0 N–H and O–H groups in total. The first kappa shape index (κ1) is 14.8. The number of fused-ring (bicyclic) bond motifs is 3. The Labute approximate surface area is 138 Å². The van der Waals surface area contributed by atoms with Gasteiger partial charge in [0, 0.05) is 24.4 Å². The molecule has 8 heteroatoms. The molecule has 0 aliphatic carbocycles. The van der Waals surface area contributed by atoms with Crippen LogP contribution in [0.25, 0.3) is 0 Å². The fourth-order valence-corrected chi connectivity index (χ4v) is 3.99. The number of likely N-dealkylation sites (tertiary alicyclic amines) is 1. The molecule has 0 spiro atoms. The van der Waals surface area contributed by atoms with Crippen molar-refractivity contribution < 1.29 is 9.53 Å². The van der Waals surface area contributed by atoms with E-state index in [1.807, 2.05) is 15.0 Å². The van der Waals surface area contributed by atoms with Gasteiger partial charge in [-0.3, -0.25) is 4.79 Å². The molecule has 1 saturated heterocycles. The maximum Gasteiger partial charge on any atom is 0.273 e. The van der Waals surface area contributed by atoms with Crippen LogP contribution < -0.4 is 0 Å². The average Bonchev–Trinajstić information content (AvgIpc) is 3.22. The summed E-state index contributed by atoms with van der Waals surface area (Å²) < 4.78 is 7.79. The molecule has 0 unspecified atom stereocenters. The molecule has 0 bridgehead atoms. The summed E-state index contributed by atoms with van der Waals surface area (Å²) in [5.41, 5.74) is 1.52. The summed E-state index contributed by atoms with van der Waals surface area (Å²) in [5, 5.41) is 11.0. The van der Waals surface area contributed by atoms with Crippen LogP contribution in [0.1, 0.15) is 53.4 Å². The summed E-state index contributed by atoms with van der Waals surface area (Å²) in [7, 11) is 0. The van der Waals surface area contributed by atoms with Gasteiger partial charge in [-0.2, -0.15) is 0 Å². The Morgan fingerprint density at radius 3 is 3.13 bits per heavy atom. The number of nitrogens with zero attached hydrogens (tertiary/aromatic N) is 5. The summed E-state index contributed by atoms with van der Waals surface area (Å²) in [6, 6.07) is 0.0437. The van der Waals surface area contributed by atoms with E-state index in [0.29, 0.717) is 31.3 Å². The van der Waals surface area contributed by atoms with Crippen LogP contribution in [-0.2, 0) is 11.3 Å². The van der Waals surface area contributed by atoms with E-state index in [2.05, 4.69) is 29.1 Å². The van der Waals surface area contributed by atoms with Crippen molar-refractivity contribution in [3.8, 4) is 0 Å². The predicted octanol–water partition coefficient (Wildman–Crippen LogP) is 1.84. The Morgan fingerprint density at radius 2 is 2.35 bits per heavy atom. The summed E-state index contributed by atoms with van der Waals surface area (Å²) >= 11 is 1.55. The molecule has 0 radical (unpaired) electrons. The van der Waals surface area contributed by atoms with E-state index < -0.39 is 0 Å². The highest BCUT2D eigenvalue weighted by Crippen LogP contribution is 2.31. The summed E-state index contributed by atoms with van der Waals surface area (Å²) in [4.78, 5) is 19.1. The van der Waals surface area contributed by atoms with E-state index in [4.69, 9.17) is 4.74 Å².